The first-order valence-corrected chi connectivity index (χ1v) is 26.3. The van der Waals surface area contributed by atoms with E-state index in [1.807, 2.05) is 73.2 Å². The highest BCUT2D eigenvalue weighted by Gasteiger charge is 2.11. The molecule has 20 heteroatoms. The first-order chi connectivity index (χ1) is 38.9. The number of aromatic nitrogens is 3. The van der Waals surface area contributed by atoms with Crippen LogP contribution in [0, 0.1) is 0 Å². The number of H-pyrrole nitrogens is 3. The number of ketones is 4. The number of aliphatic hydroxyl groups is 2. The van der Waals surface area contributed by atoms with E-state index < -0.39 is 6.29 Å². The number of anilines is 2. The van der Waals surface area contributed by atoms with E-state index >= 15 is 0 Å². The summed E-state index contributed by atoms with van der Waals surface area (Å²) >= 11 is 0. The second-order valence-corrected chi connectivity index (χ2v) is 18.6. The lowest BCUT2D eigenvalue weighted by Gasteiger charge is -2.04. The van der Waals surface area contributed by atoms with Gasteiger partial charge in [0.05, 0.1) is 6.61 Å². The summed E-state index contributed by atoms with van der Waals surface area (Å²) in [6.07, 6.45) is 9.47. The maximum atomic E-state index is 11.4. The molecule has 0 bridgehead atoms. The number of methoxy groups -OCH3 is 2. The van der Waals surface area contributed by atoms with E-state index in [-0.39, 0.29) is 54.8 Å². The molecule has 0 saturated carbocycles. The van der Waals surface area contributed by atoms with Crippen LogP contribution in [0.1, 0.15) is 104 Å². The molecule has 5 aromatic carbocycles. The van der Waals surface area contributed by atoms with Crippen LogP contribution in [0.25, 0.3) is 32.7 Å². The van der Waals surface area contributed by atoms with Gasteiger partial charge >= 0.3 is 0 Å². The second kappa shape index (κ2) is 34.6. The van der Waals surface area contributed by atoms with Gasteiger partial charge in [0.25, 0.3) is 0 Å². The maximum absolute atomic E-state index is 11.4. The van der Waals surface area contributed by atoms with Crippen molar-refractivity contribution in [2.24, 2.45) is 11.6 Å². The number of nitrogens with two attached hydrogens (primary N) is 3. The van der Waals surface area contributed by atoms with Gasteiger partial charge in [-0.1, -0.05) is 6.07 Å². The summed E-state index contributed by atoms with van der Waals surface area (Å²) < 4.78 is 14.2. The molecule has 9 rings (SSSR count). The predicted octanol–water partition coefficient (Wildman–Crippen LogP) is 7.27. The molecule has 432 valence electrons. The van der Waals surface area contributed by atoms with Gasteiger partial charge in [-0.25, -0.2) is 0 Å². The van der Waals surface area contributed by atoms with Gasteiger partial charge in [-0.15, -0.1) is 0 Å². The summed E-state index contributed by atoms with van der Waals surface area (Å²) in [5.74, 6) is 5.18. The molecule has 8 aromatic rings. The van der Waals surface area contributed by atoms with E-state index in [4.69, 9.17) is 41.7 Å². The van der Waals surface area contributed by atoms with Crippen LogP contribution >= 0.6 is 0 Å². The number of amides is 2. The fraction of sp³-hybridized carbons (Fsp3) is 0.311. The van der Waals surface area contributed by atoms with Gasteiger partial charge in [-0.2, -0.15) is 0 Å². The molecule has 14 N–H and O–H groups in total. The summed E-state index contributed by atoms with van der Waals surface area (Å²) in [4.78, 5) is 76.2. The smallest absolute Gasteiger partial charge is 0.245 e. The molecule has 2 amide bonds. The van der Waals surface area contributed by atoms with Crippen LogP contribution in [-0.4, -0.2) is 120 Å². The molecule has 3 aromatic heterocycles. The molecule has 1 unspecified atom stereocenters. The number of nitrogens with one attached hydrogen (secondary N) is 6. The molecule has 0 radical (unpaired) electrons. The van der Waals surface area contributed by atoms with E-state index in [1.165, 1.54) is 33.6 Å². The fourth-order valence-electron chi connectivity index (χ4n) is 8.01. The number of benzene rings is 5. The SMILES string of the molecule is CC(=O)c1ccc(N)cc1.CC(=O)c1ccc(NN)cc1.CC(=O)c1ccc2[nH]cc(CCN)c2c1.COCC(=O)NCCc1c[nH]c2ccc(C(C)=O)cc12.COCC(=O)NCCc1c[nH]c2ccc(CO)cc12.OC1CCCO1. The summed E-state index contributed by atoms with van der Waals surface area (Å²) in [6.45, 7) is 8.86. The van der Waals surface area contributed by atoms with Crippen molar-refractivity contribution in [2.45, 2.75) is 72.7 Å². The Bertz CT molecular complexity index is 3270. The van der Waals surface area contributed by atoms with Crippen molar-refractivity contribution in [1.82, 2.24) is 25.6 Å². The maximum Gasteiger partial charge on any atom is 0.245 e. The lowest BCUT2D eigenvalue weighted by atomic mass is 10.1. The van der Waals surface area contributed by atoms with Crippen LogP contribution in [0.15, 0.2) is 122 Å². The molecule has 1 aliphatic heterocycles. The van der Waals surface area contributed by atoms with Gasteiger partial charge in [0.1, 0.15) is 13.2 Å². The number of hydrazine groups is 1. The highest BCUT2D eigenvalue weighted by atomic mass is 16.6. The minimum absolute atomic E-state index is 0.0329. The molecular formula is C61H77N9O11. The molecular weight excluding hydrogens is 1030 g/mol. The van der Waals surface area contributed by atoms with Crippen LogP contribution in [0.4, 0.5) is 11.4 Å². The standard InChI is InChI=1S/C15H18N2O3.C14H18N2O3.C12H14N2O.C8H10N2O.C8H9NO.C4H8O2/c1-10(18)11-3-4-14-13(7-11)12(8-17-14)5-6-16-15(19)9-20-2;1-19-9-14(18)15-5-4-11-7-16-13-3-2-10(8-17)6-12(11)13;1-8(15)9-2-3-12-11(6-9)10(4-5-13)7-14-12;1-6(11)7-2-4-8(10-9)5-3-7;1-6(10)7-2-4-8(9)5-3-7;5-4-2-1-3-6-4/h3-4,7-8,17H,5-6,9H2,1-2H3,(H,16,19);2-3,6-7,16-17H,4-5,8-9H2,1H3,(H,15,18);2-3,6-7,14H,4-5,13H2,1H3;2-5,10H,9H2,1H3;2-5H,9H2,1H3;4-5H,1-3H2. The van der Waals surface area contributed by atoms with Crippen molar-refractivity contribution in [2.75, 3.05) is 64.8 Å². The van der Waals surface area contributed by atoms with Gasteiger partial charge in [0.15, 0.2) is 29.4 Å². The third-order valence-electron chi connectivity index (χ3n) is 12.4. The number of carbonyl (C=O) groups is 6. The summed E-state index contributed by atoms with van der Waals surface area (Å²) in [5.41, 5.74) is 25.1. The van der Waals surface area contributed by atoms with Crippen LogP contribution in [-0.2, 0) is 49.7 Å². The highest BCUT2D eigenvalue weighted by Crippen LogP contribution is 2.23. The Labute approximate surface area is 471 Å². The number of hydrogen-bond acceptors (Lipinski definition) is 15. The lowest BCUT2D eigenvalue weighted by molar-refractivity contribution is -0.125. The fourth-order valence-corrected chi connectivity index (χ4v) is 8.01. The van der Waals surface area contributed by atoms with Gasteiger partial charge in [-0.05, 0) is 179 Å². The summed E-state index contributed by atoms with van der Waals surface area (Å²) in [5, 5.41) is 26.4. The number of aliphatic hydroxyl groups excluding tert-OH is 2. The quantitative estimate of drug-likeness (QED) is 0.0174. The Hall–Kier alpha value is -8.34. The van der Waals surface area contributed by atoms with Crippen LogP contribution in [0.2, 0.25) is 0 Å². The van der Waals surface area contributed by atoms with Gasteiger partial charge in [-0.3, -0.25) is 34.6 Å². The van der Waals surface area contributed by atoms with E-state index in [0.29, 0.717) is 48.4 Å². The van der Waals surface area contributed by atoms with E-state index in [1.54, 1.807) is 62.4 Å². The first-order valence-electron chi connectivity index (χ1n) is 26.3. The minimum atomic E-state index is -0.454. The van der Waals surface area contributed by atoms with E-state index in [0.717, 1.165) is 92.9 Å². The normalized spacial score (nSPS) is 12.1. The van der Waals surface area contributed by atoms with Gasteiger partial charge in [0.2, 0.25) is 11.8 Å². The number of ether oxygens (including phenoxy) is 3. The molecule has 4 heterocycles. The van der Waals surface area contributed by atoms with Crippen molar-refractivity contribution >= 4 is 79.0 Å². The van der Waals surface area contributed by atoms with Crippen LogP contribution < -0.4 is 33.4 Å². The molecule has 1 saturated heterocycles. The highest BCUT2D eigenvalue weighted by molar-refractivity contribution is 6.00. The molecule has 0 spiro atoms. The topological polar surface area (TPSA) is 332 Å². The molecule has 20 nitrogen and oxygen atoms in total. The molecule has 1 aliphatic rings. The van der Waals surface area contributed by atoms with Crippen molar-refractivity contribution in [1.29, 1.82) is 0 Å². The molecule has 0 aliphatic carbocycles. The average Bonchev–Trinajstić information content (AvgIpc) is 4.49. The number of hydrogen-bond donors (Lipinski definition) is 11. The molecule has 1 atom stereocenters. The zero-order chi connectivity index (χ0) is 59.3. The predicted molar refractivity (Wildman–Crippen MR) is 317 cm³/mol. The van der Waals surface area contributed by atoms with Gasteiger partial charge in [0, 0.05) is 125 Å². The number of carbonyl (C=O) groups excluding carboxylic acids is 6. The van der Waals surface area contributed by atoms with Crippen molar-refractivity contribution in [3.8, 4) is 0 Å². The Morgan fingerprint density at radius 2 is 1.00 bits per heavy atom. The number of fused-ring (bicyclic) bond motifs is 3. The average molecular weight is 1110 g/mol. The molecule has 81 heavy (non-hydrogen) atoms. The lowest BCUT2D eigenvalue weighted by Crippen LogP contribution is -2.28. The Morgan fingerprint density at radius 3 is 1.36 bits per heavy atom. The summed E-state index contributed by atoms with van der Waals surface area (Å²) in [7, 11) is 2.98. The zero-order valence-electron chi connectivity index (χ0n) is 46.9. The minimum Gasteiger partial charge on any atom is -0.399 e. The van der Waals surface area contributed by atoms with E-state index in [2.05, 4.69) is 31.0 Å². The monoisotopic (exact) mass is 1110 g/mol. The van der Waals surface area contributed by atoms with Crippen LogP contribution in [0.3, 0.4) is 0 Å². The number of aromatic amines is 3. The third-order valence-corrected chi connectivity index (χ3v) is 12.4. The van der Waals surface area contributed by atoms with Crippen molar-refractivity contribution < 1.29 is 53.2 Å². The Balaban J connectivity index is 0.000000216. The van der Waals surface area contributed by atoms with Crippen LogP contribution in [0.5, 0.6) is 0 Å². The molecule has 1 fully saturated rings. The summed E-state index contributed by atoms with van der Waals surface area (Å²) in [6, 6.07) is 31.0. The van der Waals surface area contributed by atoms with E-state index in [9.17, 15) is 28.8 Å². The van der Waals surface area contributed by atoms with Gasteiger partial charge < -0.3 is 66.9 Å². The largest absolute Gasteiger partial charge is 0.399 e. The van der Waals surface area contributed by atoms with Crippen molar-refractivity contribution in [3.05, 3.63) is 166 Å². The number of rotatable bonds is 18. The first kappa shape index (κ1) is 65.2. The second-order valence-electron chi connectivity index (χ2n) is 18.6. The number of nitrogen functional groups attached to an aromatic ring is 2. The number of Topliss-reactive ketones (excluding diaryl/α,β-unsaturated/α-hetero) is 4. The third kappa shape index (κ3) is 22.0. The zero-order valence-corrected chi connectivity index (χ0v) is 46.9. The Kier molecular flexibility index (Phi) is 27.9. The van der Waals surface area contributed by atoms with Crippen molar-refractivity contribution in [3.63, 3.8) is 0 Å². The Morgan fingerprint density at radius 1 is 0.593 bits per heavy atom.